The molecule has 2 aliphatic rings. The molecule has 0 aliphatic carbocycles. The molecule has 4 aromatic carbocycles. The van der Waals surface area contributed by atoms with Gasteiger partial charge in [-0.25, -0.2) is 0 Å². The van der Waals surface area contributed by atoms with Crippen LogP contribution in [-0.4, -0.2) is 23.4 Å². The van der Waals surface area contributed by atoms with Crippen molar-refractivity contribution < 1.29 is 24.4 Å². The molecule has 180 valence electrons. The van der Waals surface area contributed by atoms with Gasteiger partial charge in [-0.3, -0.25) is 0 Å². The highest BCUT2D eigenvalue weighted by Gasteiger charge is 2.40. The number of hydrogen-bond acceptors (Lipinski definition) is 5. The minimum atomic E-state index is -1.52. The smallest absolute Gasteiger partial charge is 0.184 e. The lowest BCUT2D eigenvalue weighted by atomic mass is 9.84. The SMILES string of the molecule is OC1(C#CCOCC#CC2(O)c3ccccc3Oc3ccccc32)c2ccccc2Oc2ccccc21. The zero-order valence-corrected chi connectivity index (χ0v) is 19.8. The van der Waals surface area contributed by atoms with Crippen molar-refractivity contribution in [1.29, 1.82) is 0 Å². The Morgan fingerprint density at radius 2 is 0.811 bits per heavy atom. The van der Waals surface area contributed by atoms with Gasteiger partial charge in [-0.1, -0.05) is 96.5 Å². The highest BCUT2D eigenvalue weighted by atomic mass is 16.5. The normalized spacial score (nSPS) is 15.0. The van der Waals surface area contributed by atoms with E-state index < -0.39 is 11.2 Å². The van der Waals surface area contributed by atoms with Gasteiger partial charge >= 0.3 is 0 Å². The zero-order valence-electron chi connectivity index (χ0n) is 19.8. The number of para-hydroxylation sites is 4. The van der Waals surface area contributed by atoms with Gasteiger partial charge in [-0.15, -0.1) is 0 Å². The second-order valence-electron chi connectivity index (χ2n) is 8.71. The van der Waals surface area contributed by atoms with Crippen LogP contribution >= 0.6 is 0 Å². The third-order valence-corrected chi connectivity index (χ3v) is 6.43. The Kier molecular flexibility index (Phi) is 5.68. The number of aliphatic hydroxyl groups is 2. The molecular formula is C32H22O5. The fraction of sp³-hybridized carbons (Fsp3) is 0.125. The van der Waals surface area contributed by atoms with Gasteiger partial charge in [0.1, 0.15) is 36.2 Å². The van der Waals surface area contributed by atoms with Crippen LogP contribution in [0.25, 0.3) is 0 Å². The Labute approximate surface area is 214 Å². The van der Waals surface area contributed by atoms with E-state index in [-0.39, 0.29) is 13.2 Å². The van der Waals surface area contributed by atoms with Gasteiger partial charge in [0, 0.05) is 22.3 Å². The Morgan fingerprint density at radius 3 is 1.14 bits per heavy atom. The Bertz CT molecular complexity index is 1400. The number of ether oxygens (including phenoxy) is 3. The molecule has 0 unspecified atom stereocenters. The molecule has 5 heteroatoms. The molecule has 0 saturated heterocycles. The number of rotatable bonds is 2. The summed E-state index contributed by atoms with van der Waals surface area (Å²) >= 11 is 0. The highest BCUT2D eigenvalue weighted by Crippen LogP contribution is 2.47. The van der Waals surface area contributed by atoms with E-state index in [1.165, 1.54) is 0 Å². The summed E-state index contributed by atoms with van der Waals surface area (Å²) in [5, 5.41) is 23.2. The summed E-state index contributed by atoms with van der Waals surface area (Å²) in [5.74, 6) is 14.1. The van der Waals surface area contributed by atoms with Crippen molar-refractivity contribution in [2.75, 3.05) is 13.2 Å². The maximum absolute atomic E-state index is 11.6. The zero-order chi connectivity index (χ0) is 25.3. The fourth-order valence-electron chi connectivity index (χ4n) is 4.70. The Hall–Kier alpha value is -4.52. The minimum Gasteiger partial charge on any atom is -0.456 e. The van der Waals surface area contributed by atoms with Crippen LogP contribution < -0.4 is 9.47 Å². The van der Waals surface area contributed by atoms with E-state index in [2.05, 4.69) is 23.7 Å². The summed E-state index contributed by atoms with van der Waals surface area (Å²) in [6.45, 7) is 0.105. The molecule has 6 rings (SSSR count). The summed E-state index contributed by atoms with van der Waals surface area (Å²) in [5.41, 5.74) is -0.712. The van der Waals surface area contributed by atoms with E-state index in [9.17, 15) is 10.2 Å². The number of hydrogen-bond donors (Lipinski definition) is 2. The average Bonchev–Trinajstić information content (AvgIpc) is 2.93. The molecule has 0 spiro atoms. The summed E-state index contributed by atoms with van der Waals surface area (Å²) in [6, 6.07) is 29.2. The van der Waals surface area contributed by atoms with Crippen molar-refractivity contribution in [1.82, 2.24) is 0 Å². The number of benzene rings is 4. The molecular weight excluding hydrogens is 464 g/mol. The highest BCUT2D eigenvalue weighted by molar-refractivity contribution is 5.61. The molecule has 2 aliphatic heterocycles. The topological polar surface area (TPSA) is 68.2 Å². The van der Waals surface area contributed by atoms with Gasteiger partial charge in [0.15, 0.2) is 11.2 Å². The first kappa shape index (κ1) is 22.9. The molecule has 0 aromatic heterocycles. The second-order valence-corrected chi connectivity index (χ2v) is 8.71. The van der Waals surface area contributed by atoms with Crippen LogP contribution in [0.5, 0.6) is 23.0 Å². The Balaban J connectivity index is 1.20. The van der Waals surface area contributed by atoms with Crippen molar-refractivity contribution in [2.24, 2.45) is 0 Å². The molecule has 37 heavy (non-hydrogen) atoms. The van der Waals surface area contributed by atoms with E-state index >= 15 is 0 Å². The molecule has 0 atom stereocenters. The van der Waals surface area contributed by atoms with Gasteiger partial charge in [-0.05, 0) is 24.3 Å². The quantitative estimate of drug-likeness (QED) is 0.305. The standard InChI is InChI=1S/C32H22O5/c33-31(23-11-1-5-15-27(23)36-28-16-6-2-12-24(28)31)19-9-21-35-22-10-20-32(34)25-13-3-7-17-29(25)37-30-18-8-4-14-26(30)32/h1-8,11-18,33-34H,21-22H2. The molecule has 0 bridgehead atoms. The van der Waals surface area contributed by atoms with Crippen molar-refractivity contribution in [3.05, 3.63) is 119 Å². The van der Waals surface area contributed by atoms with E-state index in [0.29, 0.717) is 45.3 Å². The summed E-state index contributed by atoms with van der Waals surface area (Å²) in [6.07, 6.45) is 0. The average molecular weight is 487 g/mol. The maximum Gasteiger partial charge on any atom is 0.184 e. The monoisotopic (exact) mass is 486 g/mol. The third-order valence-electron chi connectivity index (χ3n) is 6.43. The molecule has 5 nitrogen and oxygen atoms in total. The minimum absolute atomic E-state index is 0.0525. The second kappa shape index (κ2) is 9.17. The predicted octanol–water partition coefficient (Wildman–Crippen LogP) is 5.09. The van der Waals surface area contributed by atoms with E-state index in [4.69, 9.17) is 14.2 Å². The first-order valence-corrected chi connectivity index (χ1v) is 11.9. The van der Waals surface area contributed by atoms with Crippen LogP contribution in [-0.2, 0) is 15.9 Å². The fourth-order valence-corrected chi connectivity index (χ4v) is 4.70. The number of fused-ring (bicyclic) bond motifs is 4. The summed E-state index contributed by atoms with van der Waals surface area (Å²) in [4.78, 5) is 0. The van der Waals surface area contributed by atoms with Crippen molar-refractivity contribution in [3.63, 3.8) is 0 Å². The molecule has 0 fully saturated rings. The first-order chi connectivity index (χ1) is 18.1. The Morgan fingerprint density at radius 1 is 0.514 bits per heavy atom. The molecule has 2 heterocycles. The van der Waals surface area contributed by atoms with Crippen LogP contribution in [0.3, 0.4) is 0 Å². The first-order valence-electron chi connectivity index (χ1n) is 11.9. The van der Waals surface area contributed by atoms with E-state index in [0.717, 1.165) is 0 Å². The largest absolute Gasteiger partial charge is 0.456 e. The maximum atomic E-state index is 11.6. The van der Waals surface area contributed by atoms with Gasteiger partial charge in [-0.2, -0.15) is 0 Å². The van der Waals surface area contributed by atoms with Crippen molar-refractivity contribution >= 4 is 0 Å². The van der Waals surface area contributed by atoms with Gasteiger partial charge in [0.25, 0.3) is 0 Å². The van der Waals surface area contributed by atoms with Crippen LogP contribution in [0.2, 0.25) is 0 Å². The van der Waals surface area contributed by atoms with Gasteiger partial charge < -0.3 is 24.4 Å². The van der Waals surface area contributed by atoms with Gasteiger partial charge in [0.05, 0.1) is 0 Å². The molecule has 0 saturated carbocycles. The van der Waals surface area contributed by atoms with E-state index in [1.54, 1.807) is 48.5 Å². The third kappa shape index (κ3) is 3.93. The molecule has 0 amide bonds. The lowest BCUT2D eigenvalue weighted by Crippen LogP contribution is -2.29. The lowest BCUT2D eigenvalue weighted by Gasteiger charge is -2.32. The predicted molar refractivity (Wildman–Crippen MR) is 138 cm³/mol. The molecule has 4 aromatic rings. The van der Waals surface area contributed by atoms with Gasteiger partial charge in [0.2, 0.25) is 0 Å². The van der Waals surface area contributed by atoms with Crippen LogP contribution in [0.4, 0.5) is 0 Å². The van der Waals surface area contributed by atoms with E-state index in [1.807, 2.05) is 48.5 Å². The molecule has 0 radical (unpaired) electrons. The van der Waals surface area contributed by atoms with Crippen LogP contribution in [0.15, 0.2) is 97.1 Å². The molecule has 2 N–H and O–H groups in total. The van der Waals surface area contributed by atoms with Crippen LogP contribution in [0.1, 0.15) is 22.3 Å². The summed E-state index contributed by atoms with van der Waals surface area (Å²) < 4.78 is 17.5. The van der Waals surface area contributed by atoms with Crippen molar-refractivity contribution in [2.45, 2.75) is 11.2 Å². The van der Waals surface area contributed by atoms with Crippen LogP contribution in [0, 0.1) is 23.7 Å². The lowest BCUT2D eigenvalue weighted by molar-refractivity contribution is 0.130. The summed E-state index contributed by atoms with van der Waals surface area (Å²) in [7, 11) is 0. The van der Waals surface area contributed by atoms with Crippen molar-refractivity contribution in [3.8, 4) is 46.7 Å².